The number of amides is 1. The molecule has 0 unspecified atom stereocenters. The minimum atomic E-state index is -3.26. The quantitative estimate of drug-likeness (QED) is 0.829. The van der Waals surface area contributed by atoms with Crippen molar-refractivity contribution < 1.29 is 27.5 Å². The van der Waals surface area contributed by atoms with Crippen LogP contribution in [0.3, 0.4) is 0 Å². The van der Waals surface area contributed by atoms with E-state index in [1.54, 1.807) is 24.3 Å². The second kappa shape index (κ2) is 6.60. The fourth-order valence-corrected chi connectivity index (χ4v) is 4.14. The summed E-state index contributed by atoms with van der Waals surface area (Å²) in [6.07, 6.45) is 1.59. The van der Waals surface area contributed by atoms with Crippen LogP contribution in [0, 0.1) is 0 Å². The first-order valence-corrected chi connectivity index (χ1v) is 9.17. The molecule has 1 aromatic carbocycles. The van der Waals surface area contributed by atoms with Crippen LogP contribution >= 0.6 is 0 Å². The minimum absolute atomic E-state index is 0.101. The van der Waals surface area contributed by atoms with Gasteiger partial charge in [0, 0.05) is 19.2 Å². The van der Waals surface area contributed by atoms with Gasteiger partial charge in [-0.2, -0.15) is 0 Å². The number of hydrogen-bond acceptors (Lipinski definition) is 5. The van der Waals surface area contributed by atoms with Crippen LogP contribution in [0.25, 0.3) is 0 Å². The highest BCUT2D eigenvalue weighted by molar-refractivity contribution is 7.93. The molecule has 132 valence electrons. The fraction of sp³-hybridized carbons (Fsp3) is 0.250. The van der Waals surface area contributed by atoms with Gasteiger partial charge in [-0.05, 0) is 24.1 Å². The van der Waals surface area contributed by atoms with Crippen molar-refractivity contribution >= 4 is 27.6 Å². The SMILES string of the molecule is O=C(O)c1coc(C(=O)NCc2cccc(N3CCCS3(=O)=O)c2)c1. The van der Waals surface area contributed by atoms with Crippen molar-refractivity contribution in [1.29, 1.82) is 0 Å². The molecule has 9 heteroatoms. The van der Waals surface area contributed by atoms with Crippen molar-refractivity contribution in [3.63, 3.8) is 0 Å². The summed E-state index contributed by atoms with van der Waals surface area (Å²) in [5.41, 5.74) is 1.18. The molecule has 1 fully saturated rings. The molecular formula is C16H16N2O6S. The molecule has 1 aromatic heterocycles. The number of rotatable bonds is 5. The molecule has 3 rings (SSSR count). The van der Waals surface area contributed by atoms with Gasteiger partial charge in [0.05, 0.1) is 17.0 Å². The second-order valence-corrected chi connectivity index (χ2v) is 7.61. The number of carbonyl (C=O) groups excluding carboxylic acids is 1. The number of nitrogens with one attached hydrogen (secondary N) is 1. The molecule has 2 aromatic rings. The van der Waals surface area contributed by atoms with Crippen LogP contribution in [0.5, 0.6) is 0 Å². The number of carboxylic acids is 1. The molecule has 2 N–H and O–H groups in total. The topological polar surface area (TPSA) is 117 Å². The number of anilines is 1. The zero-order valence-electron chi connectivity index (χ0n) is 13.1. The van der Waals surface area contributed by atoms with Crippen LogP contribution in [-0.4, -0.2) is 37.7 Å². The number of furan rings is 1. The molecule has 2 heterocycles. The molecule has 0 spiro atoms. The summed E-state index contributed by atoms with van der Waals surface area (Å²) in [7, 11) is -3.26. The highest BCUT2D eigenvalue weighted by Crippen LogP contribution is 2.24. The Morgan fingerprint density at radius 3 is 2.72 bits per heavy atom. The lowest BCUT2D eigenvalue weighted by molar-refractivity contribution is 0.0695. The van der Waals surface area contributed by atoms with Gasteiger partial charge >= 0.3 is 5.97 Å². The third kappa shape index (κ3) is 3.66. The van der Waals surface area contributed by atoms with Crippen molar-refractivity contribution in [2.75, 3.05) is 16.6 Å². The first kappa shape index (κ1) is 17.0. The van der Waals surface area contributed by atoms with Gasteiger partial charge in [-0.25, -0.2) is 13.2 Å². The standard InChI is InChI=1S/C16H16N2O6S/c19-15(14-8-12(10-24-14)16(20)21)17-9-11-3-1-4-13(7-11)18-5-2-6-25(18,22)23/h1,3-4,7-8,10H,2,5-6,9H2,(H,17,19)(H,20,21). The first-order chi connectivity index (χ1) is 11.9. The fourth-order valence-electron chi connectivity index (χ4n) is 2.59. The van der Waals surface area contributed by atoms with E-state index in [9.17, 15) is 18.0 Å². The van der Waals surface area contributed by atoms with E-state index >= 15 is 0 Å². The van der Waals surface area contributed by atoms with Crippen molar-refractivity contribution in [3.05, 3.63) is 53.5 Å². The third-order valence-electron chi connectivity index (χ3n) is 3.82. The Labute approximate surface area is 144 Å². The van der Waals surface area contributed by atoms with Crippen LogP contribution in [0.1, 0.15) is 32.9 Å². The number of sulfonamides is 1. The first-order valence-electron chi connectivity index (χ1n) is 7.56. The Morgan fingerprint density at radius 2 is 2.08 bits per heavy atom. The summed E-state index contributed by atoms with van der Waals surface area (Å²) in [5.74, 6) is -1.69. The van der Waals surface area contributed by atoms with Crippen LogP contribution in [0.15, 0.2) is 41.0 Å². The summed E-state index contributed by atoms with van der Waals surface area (Å²) in [4.78, 5) is 22.8. The molecule has 8 nitrogen and oxygen atoms in total. The van der Waals surface area contributed by atoms with Gasteiger partial charge in [0.15, 0.2) is 5.76 Å². The normalized spacial score (nSPS) is 15.9. The Kier molecular flexibility index (Phi) is 4.49. The van der Waals surface area contributed by atoms with E-state index in [-0.39, 0.29) is 23.6 Å². The van der Waals surface area contributed by atoms with Crippen LogP contribution in [0.2, 0.25) is 0 Å². The van der Waals surface area contributed by atoms with E-state index in [4.69, 9.17) is 9.52 Å². The second-order valence-electron chi connectivity index (χ2n) is 5.60. The summed E-state index contributed by atoms with van der Waals surface area (Å²) >= 11 is 0. The Balaban J connectivity index is 1.68. The van der Waals surface area contributed by atoms with Crippen LogP contribution < -0.4 is 9.62 Å². The molecule has 25 heavy (non-hydrogen) atoms. The maximum absolute atomic E-state index is 12.0. The molecule has 0 aliphatic carbocycles. The molecule has 1 aliphatic heterocycles. The molecule has 0 bridgehead atoms. The Hall–Kier alpha value is -2.81. The zero-order chi connectivity index (χ0) is 18.0. The van der Waals surface area contributed by atoms with E-state index in [1.165, 1.54) is 4.31 Å². The number of carboxylic acid groups (broad SMARTS) is 1. The van der Waals surface area contributed by atoms with Gasteiger partial charge in [0.2, 0.25) is 10.0 Å². The number of carbonyl (C=O) groups is 2. The maximum atomic E-state index is 12.0. The Bertz CT molecular complexity index is 918. The monoisotopic (exact) mass is 364 g/mol. The molecule has 1 saturated heterocycles. The van der Waals surface area contributed by atoms with Gasteiger partial charge < -0.3 is 14.8 Å². The smallest absolute Gasteiger partial charge is 0.338 e. The average molecular weight is 364 g/mol. The van der Waals surface area contributed by atoms with Gasteiger partial charge in [-0.3, -0.25) is 9.10 Å². The van der Waals surface area contributed by atoms with Gasteiger partial charge in [-0.15, -0.1) is 0 Å². The van der Waals surface area contributed by atoms with Gasteiger partial charge in [0.1, 0.15) is 6.26 Å². The molecule has 1 amide bonds. The molecule has 0 radical (unpaired) electrons. The summed E-state index contributed by atoms with van der Waals surface area (Å²) in [5, 5.41) is 11.4. The summed E-state index contributed by atoms with van der Waals surface area (Å²) < 4.78 is 30.2. The van der Waals surface area contributed by atoms with Gasteiger partial charge in [-0.1, -0.05) is 12.1 Å². The predicted molar refractivity (Wildman–Crippen MR) is 89.0 cm³/mol. The van der Waals surface area contributed by atoms with Gasteiger partial charge in [0.25, 0.3) is 5.91 Å². The maximum Gasteiger partial charge on any atom is 0.338 e. The van der Waals surface area contributed by atoms with Crippen molar-refractivity contribution in [2.24, 2.45) is 0 Å². The molecule has 0 atom stereocenters. The lowest BCUT2D eigenvalue weighted by Crippen LogP contribution is -2.26. The Morgan fingerprint density at radius 1 is 1.28 bits per heavy atom. The van der Waals surface area contributed by atoms with E-state index in [0.29, 0.717) is 18.7 Å². The summed E-state index contributed by atoms with van der Waals surface area (Å²) in [6.45, 7) is 0.603. The van der Waals surface area contributed by atoms with Crippen molar-refractivity contribution in [2.45, 2.75) is 13.0 Å². The number of hydrogen-bond donors (Lipinski definition) is 2. The zero-order valence-corrected chi connectivity index (χ0v) is 14.0. The number of nitrogens with zero attached hydrogens (tertiary/aromatic N) is 1. The highest BCUT2D eigenvalue weighted by atomic mass is 32.2. The van der Waals surface area contributed by atoms with Crippen LogP contribution in [0.4, 0.5) is 5.69 Å². The van der Waals surface area contributed by atoms with E-state index in [0.717, 1.165) is 17.9 Å². The predicted octanol–water partition coefficient (Wildman–Crippen LogP) is 1.45. The van der Waals surface area contributed by atoms with E-state index < -0.39 is 21.9 Å². The highest BCUT2D eigenvalue weighted by Gasteiger charge is 2.28. The lowest BCUT2D eigenvalue weighted by atomic mass is 10.2. The lowest BCUT2D eigenvalue weighted by Gasteiger charge is -2.17. The molecular weight excluding hydrogens is 348 g/mol. The number of aromatic carboxylic acids is 1. The van der Waals surface area contributed by atoms with Crippen molar-refractivity contribution in [3.8, 4) is 0 Å². The van der Waals surface area contributed by atoms with E-state index in [2.05, 4.69) is 5.32 Å². The van der Waals surface area contributed by atoms with Crippen molar-refractivity contribution in [1.82, 2.24) is 5.32 Å². The average Bonchev–Trinajstić information content (AvgIpc) is 3.19. The van der Waals surface area contributed by atoms with E-state index in [1.807, 2.05) is 0 Å². The minimum Gasteiger partial charge on any atom is -0.478 e. The molecule has 1 aliphatic rings. The third-order valence-corrected chi connectivity index (χ3v) is 5.69. The van der Waals surface area contributed by atoms with Crippen LogP contribution in [-0.2, 0) is 16.6 Å². The summed E-state index contributed by atoms with van der Waals surface area (Å²) in [6, 6.07) is 8.04. The number of benzene rings is 1. The molecule has 0 saturated carbocycles. The largest absolute Gasteiger partial charge is 0.478 e.